The molecule has 41 heavy (non-hydrogen) atoms. The molecular formula is C24H22F6N4O7. The monoisotopic (exact) mass is 592 g/mol. The highest BCUT2D eigenvalue weighted by atomic mass is 19.4. The summed E-state index contributed by atoms with van der Waals surface area (Å²) < 4.78 is 80.9. The Labute approximate surface area is 227 Å². The van der Waals surface area contributed by atoms with Gasteiger partial charge in [-0.05, 0) is 37.2 Å². The van der Waals surface area contributed by atoms with Gasteiger partial charge in [-0.3, -0.25) is 9.88 Å². The van der Waals surface area contributed by atoms with Crippen molar-refractivity contribution in [2.45, 2.75) is 30.8 Å². The Morgan fingerprint density at radius 1 is 0.951 bits per heavy atom. The first-order chi connectivity index (χ1) is 19.2. The largest absolute Gasteiger partial charge is 0.490 e. The smallest absolute Gasteiger partial charge is 0.486 e. The number of alkyl halides is 6. The number of benzene rings is 1. The summed E-state index contributed by atoms with van der Waals surface area (Å²) in [6, 6.07) is 11.6. The second-order valence-corrected chi connectivity index (χ2v) is 8.54. The van der Waals surface area contributed by atoms with Crippen LogP contribution >= 0.6 is 0 Å². The van der Waals surface area contributed by atoms with Crippen molar-refractivity contribution in [1.82, 2.24) is 20.0 Å². The molecule has 222 valence electrons. The first kappa shape index (κ1) is 31.1. The van der Waals surface area contributed by atoms with Gasteiger partial charge in [0.2, 0.25) is 11.7 Å². The lowest BCUT2D eigenvalue weighted by Gasteiger charge is -2.29. The molecule has 1 saturated heterocycles. The van der Waals surface area contributed by atoms with Crippen molar-refractivity contribution in [2.24, 2.45) is 0 Å². The summed E-state index contributed by atoms with van der Waals surface area (Å²) in [5, 5.41) is 18.4. The summed E-state index contributed by atoms with van der Waals surface area (Å²) in [6.45, 7) is 3.28. The average Bonchev–Trinajstić information content (AvgIpc) is 3.59. The number of hydrogen-bond acceptors (Lipinski definition) is 9. The van der Waals surface area contributed by atoms with E-state index in [0.717, 1.165) is 43.1 Å². The van der Waals surface area contributed by atoms with Gasteiger partial charge in [0.1, 0.15) is 12.7 Å². The van der Waals surface area contributed by atoms with Crippen LogP contribution in [0.2, 0.25) is 0 Å². The van der Waals surface area contributed by atoms with Gasteiger partial charge in [-0.25, -0.2) is 9.59 Å². The summed E-state index contributed by atoms with van der Waals surface area (Å²) in [5.41, 5.74) is 0.918. The molecule has 2 unspecified atom stereocenters. The minimum absolute atomic E-state index is 0.0358. The lowest BCUT2D eigenvalue weighted by Crippen LogP contribution is -2.40. The summed E-state index contributed by atoms with van der Waals surface area (Å²) in [7, 11) is 0. The highest BCUT2D eigenvalue weighted by Crippen LogP contribution is 2.32. The van der Waals surface area contributed by atoms with E-state index in [2.05, 4.69) is 20.0 Å². The van der Waals surface area contributed by atoms with E-state index >= 15 is 0 Å². The van der Waals surface area contributed by atoms with Crippen LogP contribution in [0.3, 0.4) is 0 Å². The van der Waals surface area contributed by atoms with E-state index in [1.165, 1.54) is 0 Å². The highest BCUT2D eigenvalue weighted by molar-refractivity contribution is 5.73. The number of aromatic nitrogens is 3. The Morgan fingerprint density at radius 2 is 1.54 bits per heavy atom. The third-order valence-electron chi connectivity index (χ3n) is 5.52. The molecule has 0 bridgehead atoms. The van der Waals surface area contributed by atoms with Gasteiger partial charge in [-0.2, -0.15) is 31.3 Å². The molecule has 0 radical (unpaired) electrons. The molecule has 2 aromatic heterocycles. The van der Waals surface area contributed by atoms with Crippen LogP contribution in [0.4, 0.5) is 26.3 Å². The zero-order valence-corrected chi connectivity index (χ0v) is 20.8. The number of likely N-dealkylation sites (tertiary alicyclic amines) is 1. The number of carbonyl (C=O) groups is 2. The maximum Gasteiger partial charge on any atom is 0.490 e. The SMILES string of the molecule is O=C(O)C(F)(F)F.O=C(O)C(F)(F)F.c1ccc2c(c1)OCC(CN1CCC(c3nc(-c4ccncc4)no3)C1)O2. The number of rotatable bonds is 4. The fourth-order valence-corrected chi connectivity index (χ4v) is 3.66. The highest BCUT2D eigenvalue weighted by Gasteiger charge is 2.39. The van der Waals surface area contributed by atoms with Crippen LogP contribution < -0.4 is 9.47 Å². The number of ether oxygens (including phenoxy) is 2. The summed E-state index contributed by atoms with van der Waals surface area (Å²) in [5.74, 6) is -2.29. The van der Waals surface area contributed by atoms with Gasteiger partial charge in [-0.1, -0.05) is 17.3 Å². The minimum Gasteiger partial charge on any atom is -0.486 e. The molecule has 17 heteroatoms. The molecule has 0 amide bonds. The third kappa shape index (κ3) is 9.33. The molecule has 0 saturated carbocycles. The number of aliphatic carboxylic acids is 2. The van der Waals surface area contributed by atoms with E-state index in [1.54, 1.807) is 12.4 Å². The van der Waals surface area contributed by atoms with Gasteiger partial charge in [0.05, 0.1) is 5.92 Å². The van der Waals surface area contributed by atoms with Crippen molar-refractivity contribution in [3.8, 4) is 22.9 Å². The fourth-order valence-electron chi connectivity index (χ4n) is 3.66. The van der Waals surface area contributed by atoms with E-state index < -0.39 is 24.3 Å². The number of nitrogens with zero attached hydrogens (tertiary/aromatic N) is 4. The van der Waals surface area contributed by atoms with E-state index in [0.29, 0.717) is 18.3 Å². The van der Waals surface area contributed by atoms with Gasteiger partial charge < -0.3 is 24.2 Å². The van der Waals surface area contributed by atoms with Crippen molar-refractivity contribution in [3.63, 3.8) is 0 Å². The quantitative estimate of drug-likeness (QED) is 0.423. The van der Waals surface area contributed by atoms with Crippen LogP contribution in [0, 0.1) is 0 Å². The first-order valence-corrected chi connectivity index (χ1v) is 11.7. The number of carboxylic acid groups (broad SMARTS) is 2. The van der Waals surface area contributed by atoms with Crippen molar-refractivity contribution in [2.75, 3.05) is 26.2 Å². The lowest BCUT2D eigenvalue weighted by molar-refractivity contribution is -0.193. The van der Waals surface area contributed by atoms with Crippen LogP contribution in [-0.2, 0) is 9.59 Å². The Balaban J connectivity index is 0.000000276. The predicted molar refractivity (Wildman–Crippen MR) is 125 cm³/mol. The topological polar surface area (TPSA) is 148 Å². The maximum atomic E-state index is 10.6. The van der Waals surface area contributed by atoms with Crippen LogP contribution in [0.25, 0.3) is 11.4 Å². The van der Waals surface area contributed by atoms with Gasteiger partial charge in [0, 0.05) is 31.0 Å². The second kappa shape index (κ2) is 13.3. The summed E-state index contributed by atoms with van der Waals surface area (Å²) >= 11 is 0. The van der Waals surface area contributed by atoms with Crippen molar-refractivity contribution in [1.29, 1.82) is 0 Å². The maximum absolute atomic E-state index is 10.6. The third-order valence-corrected chi connectivity index (χ3v) is 5.52. The standard InChI is InChI=1S/C20H20N4O3.2C2HF3O2/c1-2-4-18-17(3-1)25-13-16(26-18)12-24-10-7-15(11-24)20-22-19(23-27-20)14-5-8-21-9-6-14;2*3-2(4,5)1(6)7/h1-6,8-9,15-16H,7,10-13H2;2*(H,6,7). The van der Waals surface area contributed by atoms with Crippen LogP contribution in [0.5, 0.6) is 11.5 Å². The van der Waals surface area contributed by atoms with Crippen LogP contribution in [-0.4, -0.2) is 86.9 Å². The zero-order chi connectivity index (χ0) is 30.2. The number of pyridine rings is 1. The Morgan fingerprint density at radius 3 is 2.12 bits per heavy atom. The molecule has 5 rings (SSSR count). The Kier molecular flexibility index (Phi) is 10.1. The molecule has 1 aromatic carbocycles. The van der Waals surface area contributed by atoms with E-state index in [4.69, 9.17) is 33.8 Å². The van der Waals surface area contributed by atoms with E-state index in [9.17, 15) is 26.3 Å². The molecule has 2 aliphatic heterocycles. The van der Waals surface area contributed by atoms with Crippen LogP contribution in [0.15, 0.2) is 53.3 Å². The van der Waals surface area contributed by atoms with Gasteiger partial charge >= 0.3 is 24.3 Å². The predicted octanol–water partition coefficient (Wildman–Crippen LogP) is 4.03. The van der Waals surface area contributed by atoms with Crippen molar-refractivity contribution >= 4 is 11.9 Å². The van der Waals surface area contributed by atoms with Crippen molar-refractivity contribution in [3.05, 3.63) is 54.7 Å². The first-order valence-electron chi connectivity index (χ1n) is 11.7. The second-order valence-electron chi connectivity index (χ2n) is 8.54. The Hall–Kier alpha value is -4.41. The summed E-state index contributed by atoms with van der Waals surface area (Å²) in [6.07, 6.45) is -5.67. The molecule has 0 spiro atoms. The van der Waals surface area contributed by atoms with Gasteiger partial charge in [0.25, 0.3) is 0 Å². The molecule has 1 fully saturated rings. The molecule has 3 aromatic rings. The average molecular weight is 592 g/mol. The van der Waals surface area contributed by atoms with Crippen LogP contribution in [0.1, 0.15) is 18.2 Å². The number of para-hydroxylation sites is 2. The number of fused-ring (bicyclic) bond motifs is 1. The number of halogens is 6. The molecule has 4 heterocycles. The molecular weight excluding hydrogens is 570 g/mol. The molecule has 0 aliphatic carbocycles. The van der Waals surface area contributed by atoms with Crippen molar-refractivity contribution < 1.29 is 60.1 Å². The van der Waals surface area contributed by atoms with Gasteiger partial charge in [-0.15, -0.1) is 0 Å². The number of hydrogen-bond donors (Lipinski definition) is 2. The molecule has 2 N–H and O–H groups in total. The summed E-state index contributed by atoms with van der Waals surface area (Å²) in [4.78, 5) is 28.8. The lowest BCUT2D eigenvalue weighted by atomic mass is 10.1. The minimum atomic E-state index is -5.08. The molecule has 2 atom stereocenters. The molecule has 2 aliphatic rings. The molecule has 11 nitrogen and oxygen atoms in total. The fraction of sp³-hybridized carbons (Fsp3) is 0.375. The van der Waals surface area contributed by atoms with Gasteiger partial charge in [0.15, 0.2) is 11.5 Å². The van der Waals surface area contributed by atoms with E-state index in [1.807, 2.05) is 36.4 Å². The normalized spacial score (nSPS) is 18.4. The Bertz CT molecular complexity index is 1280. The zero-order valence-electron chi connectivity index (χ0n) is 20.8. The van der Waals surface area contributed by atoms with E-state index in [-0.39, 0.29) is 12.0 Å². The number of carboxylic acids is 2.